The maximum atomic E-state index is 9.86. The van der Waals surface area contributed by atoms with Gasteiger partial charge in [-0.2, -0.15) is 0 Å². The van der Waals surface area contributed by atoms with Gasteiger partial charge in [0.05, 0.1) is 35.9 Å². The first kappa shape index (κ1) is 16.7. The summed E-state index contributed by atoms with van der Waals surface area (Å²) in [6.07, 6.45) is -3.60. The second-order valence-electron chi connectivity index (χ2n) is 11.4. The number of hydrogen-bond acceptors (Lipinski definition) is 4. The minimum atomic E-state index is -1.84. The standard InChI is InChI=1S/C45H30N4O/c1-3-13-29(14-4-1)33-17-7-10-20-38(33)49-39-21-11-8-18-34(39)37-27-31(24-26-40(37)49)44-46-43(30-15-5-2-6-16-30)47-45(48-44)32-23-25-36-35-19-9-12-22-41(35)50-42(36)28-32/h1-3,5-13,15-28H,4,14H2/i1D,3D,4D,7D,8D,10D,11D,13D,14D,17D,18D,20D,21D,24D,26D,27D. The number of rotatable bonds is 5. The van der Waals surface area contributed by atoms with Crippen LogP contribution in [-0.4, -0.2) is 19.5 Å². The number of allylic oxidation sites excluding steroid dienone is 4. The average molecular weight is 659 g/mol. The van der Waals surface area contributed by atoms with E-state index < -0.39 is 125 Å². The van der Waals surface area contributed by atoms with Crippen LogP contribution in [0.2, 0.25) is 0 Å². The molecule has 3 heterocycles. The molecule has 6 aromatic carbocycles. The van der Waals surface area contributed by atoms with Crippen molar-refractivity contribution in [3.05, 3.63) is 163 Å². The van der Waals surface area contributed by atoms with E-state index in [4.69, 9.17) is 33.1 Å². The number of aromatic nitrogens is 4. The van der Waals surface area contributed by atoms with Gasteiger partial charge in [-0.3, -0.25) is 0 Å². The molecule has 236 valence electrons. The predicted molar refractivity (Wildman–Crippen MR) is 204 cm³/mol. The summed E-state index contributed by atoms with van der Waals surface area (Å²) in [5.74, 6) is -0.0175. The molecule has 3 aromatic heterocycles. The van der Waals surface area contributed by atoms with E-state index in [9.17, 15) is 8.22 Å². The molecule has 0 amide bonds. The number of para-hydroxylation sites is 3. The topological polar surface area (TPSA) is 56.7 Å². The number of nitrogens with zero attached hydrogens (tertiary/aromatic N) is 4. The number of hydrogen-bond donors (Lipinski definition) is 0. The van der Waals surface area contributed by atoms with Crippen LogP contribution in [0.15, 0.2) is 162 Å². The van der Waals surface area contributed by atoms with Crippen molar-refractivity contribution in [2.24, 2.45) is 0 Å². The van der Waals surface area contributed by atoms with Crippen LogP contribution in [0.1, 0.15) is 40.3 Å². The first-order valence-electron chi connectivity index (χ1n) is 23.7. The summed E-state index contributed by atoms with van der Waals surface area (Å²) in [4.78, 5) is 14.2. The Kier molecular flexibility index (Phi) is 3.85. The van der Waals surface area contributed by atoms with E-state index in [1.54, 1.807) is 42.5 Å². The van der Waals surface area contributed by atoms with Crippen molar-refractivity contribution in [2.75, 3.05) is 0 Å². The van der Waals surface area contributed by atoms with Crippen LogP contribution < -0.4 is 0 Å². The van der Waals surface area contributed by atoms with Gasteiger partial charge < -0.3 is 8.98 Å². The lowest BCUT2D eigenvalue weighted by atomic mass is 9.96. The Bertz CT molecular complexity index is 3700. The van der Waals surface area contributed by atoms with Crippen LogP contribution >= 0.6 is 0 Å². The number of fused-ring (bicyclic) bond motifs is 6. The molecule has 2 atom stereocenters. The zero-order valence-corrected chi connectivity index (χ0v) is 25.8. The average Bonchev–Trinajstić information content (AvgIpc) is 3.88. The van der Waals surface area contributed by atoms with Crippen LogP contribution in [-0.2, 0) is 0 Å². The van der Waals surface area contributed by atoms with E-state index >= 15 is 0 Å². The molecule has 2 unspecified atom stereocenters. The first-order chi connectivity index (χ1) is 31.4. The summed E-state index contributed by atoms with van der Waals surface area (Å²) in [5.41, 5.74) is -0.811. The number of benzene rings is 6. The van der Waals surface area contributed by atoms with Gasteiger partial charge in [-0.25, -0.2) is 15.0 Å². The fourth-order valence-corrected chi connectivity index (χ4v) is 6.17. The second-order valence-corrected chi connectivity index (χ2v) is 11.4. The highest BCUT2D eigenvalue weighted by molar-refractivity contribution is 6.11. The first-order valence-corrected chi connectivity index (χ1v) is 15.6. The Morgan fingerprint density at radius 1 is 0.620 bits per heavy atom. The van der Waals surface area contributed by atoms with Crippen LogP contribution in [0.4, 0.5) is 0 Å². The normalized spacial score (nSPS) is 21.1. The highest BCUT2D eigenvalue weighted by Crippen LogP contribution is 2.38. The Labute approximate surface area is 311 Å². The minimum Gasteiger partial charge on any atom is -0.456 e. The molecule has 10 rings (SSSR count). The highest BCUT2D eigenvalue weighted by Gasteiger charge is 2.19. The van der Waals surface area contributed by atoms with Gasteiger partial charge in [-0.1, -0.05) is 109 Å². The molecule has 0 N–H and O–H groups in total. The summed E-state index contributed by atoms with van der Waals surface area (Å²) in [6, 6.07) is 11.2. The maximum Gasteiger partial charge on any atom is 0.164 e. The maximum absolute atomic E-state index is 9.86. The van der Waals surface area contributed by atoms with Gasteiger partial charge in [-0.05, 0) is 66.8 Å². The molecule has 0 fully saturated rings. The van der Waals surface area contributed by atoms with E-state index in [0.717, 1.165) is 15.3 Å². The van der Waals surface area contributed by atoms with Gasteiger partial charge in [0.2, 0.25) is 0 Å². The third-order valence-electron chi connectivity index (χ3n) is 8.45. The Morgan fingerprint density at radius 3 is 2.28 bits per heavy atom. The molecule has 1 aliphatic rings. The lowest BCUT2D eigenvalue weighted by Crippen LogP contribution is -2.01. The van der Waals surface area contributed by atoms with E-state index in [2.05, 4.69) is 0 Å². The molecular formula is C45H30N4O. The molecule has 0 radical (unpaired) electrons. The van der Waals surface area contributed by atoms with Crippen molar-refractivity contribution in [3.8, 4) is 39.9 Å². The molecular weight excluding hydrogens is 613 g/mol. The Morgan fingerprint density at radius 2 is 1.36 bits per heavy atom. The Balaban J connectivity index is 1.34. The van der Waals surface area contributed by atoms with Gasteiger partial charge >= 0.3 is 0 Å². The van der Waals surface area contributed by atoms with Crippen molar-refractivity contribution >= 4 is 49.3 Å². The molecule has 50 heavy (non-hydrogen) atoms. The smallest absolute Gasteiger partial charge is 0.164 e. The highest BCUT2D eigenvalue weighted by atomic mass is 16.3. The second kappa shape index (κ2) is 11.5. The molecule has 0 saturated heterocycles. The van der Waals surface area contributed by atoms with E-state index in [1.165, 1.54) is 0 Å². The summed E-state index contributed by atoms with van der Waals surface area (Å²) < 4.78 is 151. The van der Waals surface area contributed by atoms with Crippen molar-refractivity contribution in [3.63, 3.8) is 0 Å². The third kappa shape index (κ3) is 4.66. The summed E-state index contributed by atoms with van der Waals surface area (Å²) in [6.45, 7) is 0. The SMILES string of the molecule is [2H]C1=C([2H])C([2H])C([2H])C(c2c([2H])c([2H])c([2H])c([2H])c2-n2c3c([2H])c([2H])c([2H])c([2H])c3c3c([2H])c(-c4nc(-c5ccccc5)nc(-c5ccc6c(c5)oc5ccccc56)n4)c([2H])c([2H])c32)=C1[2H]. The summed E-state index contributed by atoms with van der Waals surface area (Å²) >= 11 is 0. The fourth-order valence-electron chi connectivity index (χ4n) is 6.17. The van der Waals surface area contributed by atoms with E-state index in [-0.39, 0.29) is 33.8 Å². The monoisotopic (exact) mass is 658 g/mol. The molecule has 0 aliphatic heterocycles. The van der Waals surface area contributed by atoms with E-state index in [0.29, 0.717) is 22.3 Å². The lowest BCUT2D eigenvalue weighted by Gasteiger charge is -2.17. The quantitative estimate of drug-likeness (QED) is 0.185. The van der Waals surface area contributed by atoms with Gasteiger partial charge in [0.25, 0.3) is 0 Å². The molecule has 9 aromatic rings. The Hall–Kier alpha value is -6.59. The summed E-state index contributed by atoms with van der Waals surface area (Å²) in [7, 11) is 0. The van der Waals surface area contributed by atoms with Crippen LogP contribution in [0.5, 0.6) is 0 Å². The van der Waals surface area contributed by atoms with Crippen LogP contribution in [0.25, 0.3) is 89.2 Å². The molecule has 1 aliphatic carbocycles. The molecule has 0 bridgehead atoms. The third-order valence-corrected chi connectivity index (χ3v) is 8.45. The van der Waals surface area contributed by atoms with Crippen molar-refractivity contribution in [1.29, 1.82) is 0 Å². The van der Waals surface area contributed by atoms with Crippen LogP contribution in [0, 0.1) is 0 Å². The lowest BCUT2D eigenvalue weighted by molar-refractivity contribution is 0.669. The van der Waals surface area contributed by atoms with Crippen molar-refractivity contribution < 1.29 is 26.3 Å². The zero-order valence-electron chi connectivity index (χ0n) is 41.8. The largest absolute Gasteiger partial charge is 0.456 e. The summed E-state index contributed by atoms with van der Waals surface area (Å²) in [5, 5.41) is 1.03. The number of furan rings is 1. The van der Waals surface area contributed by atoms with Gasteiger partial charge in [0.1, 0.15) is 11.2 Å². The van der Waals surface area contributed by atoms with Gasteiger partial charge in [-0.15, -0.1) is 0 Å². The van der Waals surface area contributed by atoms with Crippen LogP contribution in [0.3, 0.4) is 0 Å². The fraction of sp³-hybridized carbons (Fsp3) is 0.0444. The predicted octanol–water partition coefficient (Wildman–Crippen LogP) is 11.6. The molecule has 5 heteroatoms. The van der Waals surface area contributed by atoms with Gasteiger partial charge in [0, 0.05) is 46.5 Å². The molecule has 0 saturated carbocycles. The molecule has 0 spiro atoms. The van der Waals surface area contributed by atoms with Gasteiger partial charge in [0.15, 0.2) is 17.5 Å². The minimum absolute atomic E-state index is 0.101. The van der Waals surface area contributed by atoms with E-state index in [1.807, 2.05) is 30.3 Å². The van der Waals surface area contributed by atoms with Crippen molar-refractivity contribution in [2.45, 2.75) is 12.8 Å². The zero-order chi connectivity index (χ0) is 46.9. The molecule has 5 nitrogen and oxygen atoms in total. The van der Waals surface area contributed by atoms with Crippen molar-refractivity contribution in [1.82, 2.24) is 19.5 Å².